The third kappa shape index (κ3) is 3.01. The standard InChI is InChI=1S/C18H28N2O/c1-3-15(19)18(14-9-7-13(2)8-10-14)20-11-12-21-17-6-4-5-16(17)20/h7-10,15-18H,3-6,11-12,19H2,1-2H3. The fourth-order valence-corrected chi connectivity index (χ4v) is 3.97. The zero-order valence-corrected chi connectivity index (χ0v) is 13.3. The molecular weight excluding hydrogens is 260 g/mol. The van der Waals surface area contributed by atoms with Gasteiger partial charge in [-0.25, -0.2) is 0 Å². The highest BCUT2D eigenvalue weighted by atomic mass is 16.5. The van der Waals surface area contributed by atoms with Gasteiger partial charge in [0.25, 0.3) is 0 Å². The fraction of sp³-hybridized carbons (Fsp3) is 0.667. The van der Waals surface area contributed by atoms with E-state index in [1.165, 1.54) is 30.4 Å². The first kappa shape index (κ1) is 15.0. The van der Waals surface area contributed by atoms with Crippen LogP contribution in [0, 0.1) is 6.92 Å². The molecule has 3 rings (SSSR count). The van der Waals surface area contributed by atoms with E-state index < -0.39 is 0 Å². The van der Waals surface area contributed by atoms with Crippen molar-refractivity contribution in [3.05, 3.63) is 35.4 Å². The zero-order chi connectivity index (χ0) is 14.8. The van der Waals surface area contributed by atoms with Gasteiger partial charge in [-0.1, -0.05) is 36.8 Å². The number of fused-ring (bicyclic) bond motifs is 1. The number of rotatable bonds is 4. The minimum absolute atomic E-state index is 0.187. The Labute approximate surface area is 128 Å². The summed E-state index contributed by atoms with van der Waals surface area (Å²) in [5.41, 5.74) is 9.19. The first-order valence-electron chi connectivity index (χ1n) is 8.40. The quantitative estimate of drug-likeness (QED) is 0.925. The van der Waals surface area contributed by atoms with E-state index >= 15 is 0 Å². The Morgan fingerprint density at radius 3 is 2.76 bits per heavy atom. The number of hydrogen-bond donors (Lipinski definition) is 1. The van der Waals surface area contributed by atoms with Crippen LogP contribution < -0.4 is 5.73 Å². The summed E-state index contributed by atoms with van der Waals surface area (Å²) in [5, 5.41) is 0. The second-order valence-electron chi connectivity index (χ2n) is 6.57. The van der Waals surface area contributed by atoms with E-state index in [0.717, 1.165) is 19.6 Å². The van der Waals surface area contributed by atoms with Gasteiger partial charge >= 0.3 is 0 Å². The number of benzene rings is 1. The highest BCUT2D eigenvalue weighted by Gasteiger charge is 2.40. The van der Waals surface area contributed by atoms with Crippen molar-refractivity contribution in [2.75, 3.05) is 13.2 Å². The maximum absolute atomic E-state index is 6.52. The third-order valence-corrected chi connectivity index (χ3v) is 5.18. The van der Waals surface area contributed by atoms with E-state index in [1.54, 1.807) is 0 Å². The lowest BCUT2D eigenvalue weighted by molar-refractivity contribution is -0.0762. The molecule has 2 fully saturated rings. The topological polar surface area (TPSA) is 38.5 Å². The third-order valence-electron chi connectivity index (χ3n) is 5.18. The van der Waals surface area contributed by atoms with Crippen LogP contribution in [-0.2, 0) is 4.74 Å². The van der Waals surface area contributed by atoms with E-state index in [0.29, 0.717) is 18.2 Å². The molecule has 2 N–H and O–H groups in total. The molecule has 4 unspecified atom stereocenters. The van der Waals surface area contributed by atoms with Gasteiger partial charge in [-0.15, -0.1) is 0 Å². The van der Waals surface area contributed by atoms with E-state index in [9.17, 15) is 0 Å². The average Bonchev–Trinajstić information content (AvgIpc) is 2.98. The summed E-state index contributed by atoms with van der Waals surface area (Å²) >= 11 is 0. The molecule has 0 bridgehead atoms. The van der Waals surface area contributed by atoms with Crippen molar-refractivity contribution in [3.8, 4) is 0 Å². The van der Waals surface area contributed by atoms with E-state index in [1.807, 2.05) is 0 Å². The van der Waals surface area contributed by atoms with Gasteiger partial charge in [0, 0.05) is 18.6 Å². The maximum atomic E-state index is 6.52. The van der Waals surface area contributed by atoms with Crippen molar-refractivity contribution in [1.29, 1.82) is 0 Å². The molecule has 0 amide bonds. The lowest BCUT2D eigenvalue weighted by Crippen LogP contribution is -2.53. The van der Waals surface area contributed by atoms with Crippen LogP contribution in [0.3, 0.4) is 0 Å². The number of nitrogens with zero attached hydrogens (tertiary/aromatic N) is 1. The largest absolute Gasteiger partial charge is 0.375 e. The zero-order valence-electron chi connectivity index (χ0n) is 13.3. The molecule has 2 aliphatic rings. The van der Waals surface area contributed by atoms with Gasteiger partial charge in [0.1, 0.15) is 0 Å². The summed E-state index contributed by atoms with van der Waals surface area (Å²) in [7, 11) is 0. The van der Waals surface area contributed by atoms with Crippen LogP contribution in [-0.4, -0.2) is 36.2 Å². The van der Waals surface area contributed by atoms with E-state index in [-0.39, 0.29) is 6.04 Å². The predicted molar refractivity (Wildman–Crippen MR) is 86.3 cm³/mol. The Hall–Kier alpha value is -0.900. The number of ether oxygens (including phenoxy) is 1. The number of morpholine rings is 1. The second-order valence-corrected chi connectivity index (χ2v) is 6.57. The monoisotopic (exact) mass is 288 g/mol. The van der Waals surface area contributed by atoms with Crippen molar-refractivity contribution >= 4 is 0 Å². The molecule has 1 saturated heterocycles. The van der Waals surface area contributed by atoms with Gasteiger partial charge in [-0.2, -0.15) is 0 Å². The summed E-state index contributed by atoms with van der Waals surface area (Å²) in [4.78, 5) is 2.64. The Morgan fingerprint density at radius 1 is 1.29 bits per heavy atom. The summed E-state index contributed by atoms with van der Waals surface area (Å²) in [5.74, 6) is 0. The molecule has 21 heavy (non-hydrogen) atoms. The van der Waals surface area contributed by atoms with E-state index in [2.05, 4.69) is 43.0 Å². The molecule has 1 aliphatic heterocycles. The van der Waals surface area contributed by atoms with Crippen LogP contribution in [0.25, 0.3) is 0 Å². The second kappa shape index (κ2) is 6.47. The normalized spacial score (nSPS) is 29.1. The number of hydrogen-bond acceptors (Lipinski definition) is 3. The van der Waals surface area contributed by atoms with Gasteiger partial charge in [-0.05, 0) is 38.2 Å². The minimum Gasteiger partial charge on any atom is -0.375 e. The minimum atomic E-state index is 0.187. The van der Waals surface area contributed by atoms with E-state index in [4.69, 9.17) is 10.5 Å². The van der Waals surface area contributed by atoms with Gasteiger partial charge in [0.05, 0.1) is 18.8 Å². The number of nitrogens with two attached hydrogens (primary N) is 1. The van der Waals surface area contributed by atoms with Gasteiger partial charge < -0.3 is 10.5 Å². The molecule has 1 saturated carbocycles. The van der Waals surface area contributed by atoms with Crippen LogP contribution in [0.1, 0.15) is 49.8 Å². The Morgan fingerprint density at radius 2 is 2.05 bits per heavy atom. The molecule has 1 aromatic rings. The lowest BCUT2D eigenvalue weighted by Gasteiger charge is -2.44. The van der Waals surface area contributed by atoms with Crippen LogP contribution >= 0.6 is 0 Å². The predicted octanol–water partition coefficient (Wildman–Crippen LogP) is 3.03. The molecule has 0 radical (unpaired) electrons. The van der Waals surface area contributed by atoms with Crippen molar-refractivity contribution in [3.63, 3.8) is 0 Å². The summed E-state index contributed by atoms with van der Waals surface area (Å²) < 4.78 is 5.97. The molecule has 1 aromatic carbocycles. The van der Waals surface area contributed by atoms with Crippen molar-refractivity contribution < 1.29 is 4.74 Å². The molecule has 1 heterocycles. The highest BCUT2D eigenvalue weighted by molar-refractivity contribution is 5.26. The Balaban J connectivity index is 1.89. The SMILES string of the molecule is CCC(N)C(c1ccc(C)cc1)N1CCOC2CCCC21. The summed E-state index contributed by atoms with van der Waals surface area (Å²) in [6.45, 7) is 6.19. The van der Waals surface area contributed by atoms with Crippen molar-refractivity contribution in [1.82, 2.24) is 4.90 Å². The van der Waals surface area contributed by atoms with Gasteiger partial charge in [-0.3, -0.25) is 4.90 Å². The smallest absolute Gasteiger partial charge is 0.0731 e. The van der Waals surface area contributed by atoms with Crippen LogP contribution in [0.15, 0.2) is 24.3 Å². The fourth-order valence-electron chi connectivity index (χ4n) is 3.97. The first-order valence-corrected chi connectivity index (χ1v) is 8.40. The molecule has 3 heteroatoms. The van der Waals surface area contributed by atoms with Gasteiger partial charge in [0.2, 0.25) is 0 Å². The Bertz CT molecular complexity index is 459. The number of aryl methyl sites for hydroxylation is 1. The van der Waals surface area contributed by atoms with Crippen LogP contribution in [0.5, 0.6) is 0 Å². The molecule has 3 nitrogen and oxygen atoms in total. The Kier molecular flexibility index (Phi) is 4.63. The highest BCUT2D eigenvalue weighted by Crippen LogP contribution is 2.37. The van der Waals surface area contributed by atoms with Gasteiger partial charge in [0.15, 0.2) is 0 Å². The maximum Gasteiger partial charge on any atom is 0.0731 e. The molecule has 0 aromatic heterocycles. The molecule has 0 spiro atoms. The van der Waals surface area contributed by atoms with Crippen LogP contribution in [0.2, 0.25) is 0 Å². The molecule has 4 atom stereocenters. The summed E-state index contributed by atoms with van der Waals surface area (Å²) in [6, 6.07) is 10.00. The van der Waals surface area contributed by atoms with Crippen molar-refractivity contribution in [2.45, 2.75) is 63.8 Å². The first-order chi connectivity index (χ1) is 10.2. The molecular formula is C18H28N2O. The molecule has 116 valence electrons. The van der Waals surface area contributed by atoms with Crippen molar-refractivity contribution in [2.24, 2.45) is 5.73 Å². The average molecular weight is 288 g/mol. The molecule has 1 aliphatic carbocycles. The summed E-state index contributed by atoms with van der Waals surface area (Å²) in [6.07, 6.45) is 5.18. The van der Waals surface area contributed by atoms with Crippen LogP contribution in [0.4, 0.5) is 0 Å². The lowest BCUT2D eigenvalue weighted by atomic mass is 9.93.